The smallest absolute Gasteiger partial charge is 0.230 e. The maximum absolute atomic E-state index is 5.50. The molecular weight excluding hydrogens is 266 g/mol. The van der Waals surface area contributed by atoms with Crippen LogP contribution in [0, 0.1) is 6.92 Å². The Bertz CT molecular complexity index is 597. The van der Waals surface area contributed by atoms with E-state index in [4.69, 9.17) is 9.15 Å². The number of hydrogen-bond donors (Lipinski definition) is 0. The van der Waals surface area contributed by atoms with Crippen LogP contribution in [0.1, 0.15) is 30.2 Å². The van der Waals surface area contributed by atoms with Gasteiger partial charge in [0.05, 0.1) is 13.7 Å². The lowest BCUT2D eigenvalue weighted by Crippen LogP contribution is -2.30. The molecule has 0 spiro atoms. The van der Waals surface area contributed by atoms with Crippen LogP contribution in [0.4, 0.5) is 0 Å². The highest BCUT2D eigenvalue weighted by molar-refractivity contribution is 5.34. The van der Waals surface area contributed by atoms with Gasteiger partial charge >= 0.3 is 0 Å². The topological polar surface area (TPSA) is 51.4 Å². The van der Waals surface area contributed by atoms with E-state index >= 15 is 0 Å². The minimum absolute atomic E-state index is 0.508. The van der Waals surface area contributed by atoms with Crippen molar-refractivity contribution in [1.29, 1.82) is 0 Å². The molecule has 1 aliphatic rings. The Labute approximate surface area is 124 Å². The molecule has 2 heterocycles. The van der Waals surface area contributed by atoms with Crippen LogP contribution in [0.2, 0.25) is 0 Å². The van der Waals surface area contributed by atoms with Crippen molar-refractivity contribution in [1.82, 2.24) is 15.1 Å². The quantitative estimate of drug-likeness (QED) is 0.846. The SMILES string of the molecule is COc1ccccc1CC1CCCN1Cc1nnc(C)o1. The van der Waals surface area contributed by atoms with E-state index in [1.807, 2.05) is 19.1 Å². The summed E-state index contributed by atoms with van der Waals surface area (Å²) in [6.07, 6.45) is 3.41. The summed E-state index contributed by atoms with van der Waals surface area (Å²) in [5, 5.41) is 8.00. The van der Waals surface area contributed by atoms with E-state index in [-0.39, 0.29) is 0 Å². The molecule has 1 atom stereocenters. The first kappa shape index (κ1) is 14.1. The molecule has 0 bridgehead atoms. The van der Waals surface area contributed by atoms with Gasteiger partial charge in [-0.25, -0.2) is 0 Å². The zero-order valence-corrected chi connectivity index (χ0v) is 12.6. The molecule has 112 valence electrons. The van der Waals surface area contributed by atoms with Gasteiger partial charge < -0.3 is 9.15 Å². The third-order valence-corrected chi connectivity index (χ3v) is 4.05. The van der Waals surface area contributed by atoms with Gasteiger partial charge in [0.25, 0.3) is 0 Å². The van der Waals surface area contributed by atoms with E-state index in [0.29, 0.717) is 17.8 Å². The van der Waals surface area contributed by atoms with Crippen LogP contribution in [-0.2, 0) is 13.0 Å². The lowest BCUT2D eigenvalue weighted by molar-refractivity contribution is 0.218. The largest absolute Gasteiger partial charge is 0.496 e. The van der Waals surface area contributed by atoms with Crippen LogP contribution < -0.4 is 4.74 Å². The Hall–Kier alpha value is -1.88. The number of likely N-dealkylation sites (tertiary alicyclic amines) is 1. The van der Waals surface area contributed by atoms with Crippen molar-refractivity contribution in [3.63, 3.8) is 0 Å². The Balaban J connectivity index is 1.69. The van der Waals surface area contributed by atoms with Crippen LogP contribution >= 0.6 is 0 Å². The Morgan fingerprint density at radius 1 is 1.33 bits per heavy atom. The molecular formula is C16H21N3O2. The van der Waals surface area contributed by atoms with Crippen molar-refractivity contribution < 1.29 is 9.15 Å². The zero-order valence-electron chi connectivity index (χ0n) is 12.6. The minimum atomic E-state index is 0.508. The highest BCUT2D eigenvalue weighted by Crippen LogP contribution is 2.26. The number of aromatic nitrogens is 2. The molecule has 0 amide bonds. The van der Waals surface area contributed by atoms with Crippen molar-refractivity contribution in [2.45, 2.75) is 38.8 Å². The van der Waals surface area contributed by atoms with Crippen molar-refractivity contribution in [2.24, 2.45) is 0 Å². The van der Waals surface area contributed by atoms with E-state index in [2.05, 4.69) is 27.2 Å². The van der Waals surface area contributed by atoms with E-state index in [9.17, 15) is 0 Å². The number of para-hydroxylation sites is 1. The van der Waals surface area contributed by atoms with Gasteiger partial charge in [0.2, 0.25) is 11.8 Å². The standard InChI is InChI=1S/C16H21N3O2/c1-12-17-18-16(21-12)11-19-9-5-7-14(19)10-13-6-3-4-8-15(13)20-2/h3-4,6,8,14H,5,7,9-11H2,1-2H3. The summed E-state index contributed by atoms with van der Waals surface area (Å²) in [5.41, 5.74) is 1.26. The van der Waals surface area contributed by atoms with Crippen LogP contribution in [0.25, 0.3) is 0 Å². The highest BCUT2D eigenvalue weighted by atomic mass is 16.5. The van der Waals surface area contributed by atoms with E-state index < -0.39 is 0 Å². The fourth-order valence-corrected chi connectivity index (χ4v) is 3.04. The number of benzene rings is 1. The summed E-state index contributed by atoms with van der Waals surface area (Å²) in [4.78, 5) is 2.43. The predicted molar refractivity (Wildman–Crippen MR) is 79.2 cm³/mol. The number of rotatable bonds is 5. The van der Waals surface area contributed by atoms with E-state index in [1.54, 1.807) is 7.11 Å². The first-order valence-electron chi connectivity index (χ1n) is 7.41. The second-order valence-electron chi connectivity index (χ2n) is 5.50. The molecule has 1 aromatic heterocycles. The number of aryl methyl sites for hydroxylation is 1. The number of hydrogen-bond acceptors (Lipinski definition) is 5. The number of nitrogens with zero attached hydrogens (tertiary/aromatic N) is 3. The maximum Gasteiger partial charge on any atom is 0.230 e. The number of ether oxygens (including phenoxy) is 1. The van der Waals surface area contributed by atoms with E-state index in [1.165, 1.54) is 18.4 Å². The molecule has 5 nitrogen and oxygen atoms in total. The molecule has 1 aromatic carbocycles. The maximum atomic E-state index is 5.50. The summed E-state index contributed by atoms with van der Waals surface area (Å²) in [5.74, 6) is 2.31. The molecule has 0 aliphatic carbocycles. The third kappa shape index (κ3) is 3.24. The average molecular weight is 287 g/mol. The minimum Gasteiger partial charge on any atom is -0.496 e. The summed E-state index contributed by atoms with van der Waals surface area (Å²) in [6, 6.07) is 8.75. The van der Waals surface area contributed by atoms with E-state index in [0.717, 1.165) is 25.3 Å². The van der Waals surface area contributed by atoms with Crippen molar-refractivity contribution >= 4 is 0 Å². The third-order valence-electron chi connectivity index (χ3n) is 4.05. The Kier molecular flexibility index (Phi) is 4.20. The lowest BCUT2D eigenvalue weighted by atomic mass is 10.0. The molecule has 0 radical (unpaired) electrons. The monoisotopic (exact) mass is 287 g/mol. The number of methoxy groups -OCH3 is 1. The fraction of sp³-hybridized carbons (Fsp3) is 0.500. The molecule has 2 aromatic rings. The molecule has 1 unspecified atom stereocenters. The normalized spacial score (nSPS) is 19.0. The second kappa shape index (κ2) is 6.26. The van der Waals surface area contributed by atoms with Crippen LogP contribution in [0.15, 0.2) is 28.7 Å². The first-order chi connectivity index (χ1) is 10.3. The van der Waals surface area contributed by atoms with Gasteiger partial charge in [0, 0.05) is 13.0 Å². The van der Waals surface area contributed by atoms with Crippen LogP contribution in [0.5, 0.6) is 5.75 Å². The zero-order chi connectivity index (χ0) is 14.7. The van der Waals surface area contributed by atoms with Gasteiger partial charge in [-0.1, -0.05) is 18.2 Å². The average Bonchev–Trinajstić information content (AvgIpc) is 3.10. The van der Waals surface area contributed by atoms with Gasteiger partial charge in [-0.2, -0.15) is 0 Å². The van der Waals surface area contributed by atoms with Gasteiger partial charge in [0.15, 0.2) is 0 Å². The molecule has 21 heavy (non-hydrogen) atoms. The Morgan fingerprint density at radius 3 is 2.95 bits per heavy atom. The molecule has 5 heteroatoms. The molecule has 1 fully saturated rings. The van der Waals surface area contributed by atoms with Gasteiger partial charge in [0.1, 0.15) is 5.75 Å². The predicted octanol–water partition coefficient (Wildman–Crippen LogP) is 2.59. The van der Waals surface area contributed by atoms with Crippen molar-refractivity contribution in [2.75, 3.05) is 13.7 Å². The summed E-state index contributed by atoms with van der Waals surface area (Å²) >= 11 is 0. The van der Waals surface area contributed by atoms with Gasteiger partial charge in [-0.05, 0) is 37.4 Å². The van der Waals surface area contributed by atoms with Crippen molar-refractivity contribution in [3.05, 3.63) is 41.6 Å². The molecule has 1 aliphatic heterocycles. The molecule has 1 saturated heterocycles. The van der Waals surface area contributed by atoms with Crippen LogP contribution in [0.3, 0.4) is 0 Å². The van der Waals surface area contributed by atoms with Crippen LogP contribution in [-0.4, -0.2) is 34.8 Å². The molecule has 0 N–H and O–H groups in total. The highest BCUT2D eigenvalue weighted by Gasteiger charge is 2.26. The second-order valence-corrected chi connectivity index (χ2v) is 5.50. The lowest BCUT2D eigenvalue weighted by Gasteiger charge is -2.23. The Morgan fingerprint density at radius 2 is 2.19 bits per heavy atom. The summed E-state index contributed by atoms with van der Waals surface area (Å²) in [6.45, 7) is 3.65. The van der Waals surface area contributed by atoms with Gasteiger partial charge in [-0.3, -0.25) is 4.90 Å². The molecule has 3 rings (SSSR count). The molecule has 0 saturated carbocycles. The fourth-order valence-electron chi connectivity index (χ4n) is 3.04. The summed E-state index contributed by atoms with van der Waals surface area (Å²) in [7, 11) is 1.73. The van der Waals surface area contributed by atoms with Crippen molar-refractivity contribution in [3.8, 4) is 5.75 Å². The van der Waals surface area contributed by atoms with Gasteiger partial charge in [-0.15, -0.1) is 10.2 Å². The summed E-state index contributed by atoms with van der Waals surface area (Å²) < 4.78 is 11.0. The first-order valence-corrected chi connectivity index (χ1v) is 7.41.